The molecule has 0 radical (unpaired) electrons. The Labute approximate surface area is 118 Å². The van der Waals surface area contributed by atoms with E-state index >= 15 is 0 Å². The third-order valence-electron chi connectivity index (χ3n) is 4.08. The van der Waals surface area contributed by atoms with Gasteiger partial charge in [-0.2, -0.15) is 0 Å². The predicted octanol–water partition coefficient (Wildman–Crippen LogP) is 2.39. The predicted molar refractivity (Wildman–Crippen MR) is 77.3 cm³/mol. The molecule has 0 amide bonds. The Balaban J connectivity index is 1.75. The van der Waals surface area contributed by atoms with Crippen molar-refractivity contribution in [1.82, 2.24) is 9.88 Å². The van der Waals surface area contributed by atoms with Crippen LogP contribution in [0.1, 0.15) is 12.5 Å². The first-order chi connectivity index (χ1) is 9.63. The summed E-state index contributed by atoms with van der Waals surface area (Å²) in [6.45, 7) is 4.31. The van der Waals surface area contributed by atoms with E-state index in [0.717, 1.165) is 24.0 Å². The third-order valence-corrected chi connectivity index (χ3v) is 4.08. The molecule has 1 aliphatic rings. The number of nitrogens with zero attached hydrogens (tertiary/aromatic N) is 2. The minimum Gasteiger partial charge on any atom is -0.481 e. The first-order valence-corrected chi connectivity index (χ1v) is 6.92. The largest absolute Gasteiger partial charge is 0.481 e. The average molecular weight is 270 g/mol. The molecule has 1 aromatic heterocycles. The van der Waals surface area contributed by atoms with Crippen LogP contribution in [0, 0.1) is 11.8 Å². The number of carboxylic acids is 1. The van der Waals surface area contributed by atoms with E-state index in [1.54, 1.807) is 6.20 Å². The maximum absolute atomic E-state index is 11.1. The molecule has 2 aromatic rings. The maximum Gasteiger partial charge on any atom is 0.308 e. The van der Waals surface area contributed by atoms with Crippen molar-refractivity contribution in [2.75, 3.05) is 13.1 Å². The van der Waals surface area contributed by atoms with Crippen LogP contribution in [-0.4, -0.2) is 34.0 Å². The van der Waals surface area contributed by atoms with Crippen molar-refractivity contribution < 1.29 is 9.90 Å². The van der Waals surface area contributed by atoms with E-state index in [4.69, 9.17) is 0 Å². The monoisotopic (exact) mass is 270 g/mol. The third kappa shape index (κ3) is 2.51. The van der Waals surface area contributed by atoms with Crippen LogP contribution in [0.2, 0.25) is 0 Å². The number of benzene rings is 1. The van der Waals surface area contributed by atoms with Gasteiger partial charge >= 0.3 is 5.97 Å². The lowest BCUT2D eigenvalue weighted by molar-refractivity contribution is -0.142. The van der Waals surface area contributed by atoms with Gasteiger partial charge in [0.1, 0.15) is 0 Å². The fraction of sp³-hybridized carbons (Fsp3) is 0.375. The fourth-order valence-corrected chi connectivity index (χ4v) is 3.00. The molecule has 4 heteroatoms. The number of carboxylic acid groups (broad SMARTS) is 1. The number of carbonyl (C=O) groups is 1. The maximum atomic E-state index is 11.1. The number of aromatic nitrogens is 1. The molecule has 104 valence electrons. The first-order valence-electron chi connectivity index (χ1n) is 6.92. The summed E-state index contributed by atoms with van der Waals surface area (Å²) in [5.41, 5.74) is 2.21. The lowest BCUT2D eigenvalue weighted by atomic mass is 9.99. The second kappa shape index (κ2) is 5.21. The molecule has 0 aliphatic carbocycles. The van der Waals surface area contributed by atoms with Crippen molar-refractivity contribution in [3.8, 4) is 0 Å². The SMILES string of the molecule is CC1CN(Cc2ccc3ncccc3c2)CC1C(=O)O. The summed E-state index contributed by atoms with van der Waals surface area (Å²) in [7, 11) is 0. The molecular formula is C16H18N2O2. The lowest BCUT2D eigenvalue weighted by Gasteiger charge is -2.15. The highest BCUT2D eigenvalue weighted by Crippen LogP contribution is 2.25. The quantitative estimate of drug-likeness (QED) is 0.930. The molecule has 2 unspecified atom stereocenters. The number of hydrogen-bond donors (Lipinski definition) is 1. The number of aliphatic carboxylic acids is 1. The van der Waals surface area contributed by atoms with Crippen LogP contribution in [-0.2, 0) is 11.3 Å². The molecule has 1 N–H and O–H groups in total. The van der Waals surface area contributed by atoms with Crippen LogP contribution >= 0.6 is 0 Å². The topological polar surface area (TPSA) is 53.4 Å². The van der Waals surface area contributed by atoms with Crippen LogP contribution in [0.3, 0.4) is 0 Å². The van der Waals surface area contributed by atoms with Crippen LogP contribution in [0.25, 0.3) is 10.9 Å². The van der Waals surface area contributed by atoms with Crippen molar-refractivity contribution in [3.63, 3.8) is 0 Å². The highest BCUT2D eigenvalue weighted by Gasteiger charge is 2.34. The zero-order valence-electron chi connectivity index (χ0n) is 11.5. The molecular weight excluding hydrogens is 252 g/mol. The fourth-order valence-electron chi connectivity index (χ4n) is 3.00. The van der Waals surface area contributed by atoms with E-state index in [2.05, 4.69) is 28.1 Å². The first kappa shape index (κ1) is 13.1. The smallest absolute Gasteiger partial charge is 0.308 e. The molecule has 1 fully saturated rings. The summed E-state index contributed by atoms with van der Waals surface area (Å²) >= 11 is 0. The van der Waals surface area contributed by atoms with Gasteiger partial charge in [0.25, 0.3) is 0 Å². The molecule has 20 heavy (non-hydrogen) atoms. The van der Waals surface area contributed by atoms with E-state index in [9.17, 15) is 9.90 Å². The molecule has 2 heterocycles. The molecule has 4 nitrogen and oxygen atoms in total. The molecule has 1 saturated heterocycles. The van der Waals surface area contributed by atoms with Gasteiger partial charge in [0, 0.05) is 31.2 Å². The van der Waals surface area contributed by atoms with E-state index in [1.807, 2.05) is 19.1 Å². The van der Waals surface area contributed by atoms with Gasteiger partial charge < -0.3 is 5.11 Å². The van der Waals surface area contributed by atoms with E-state index in [1.165, 1.54) is 5.56 Å². The van der Waals surface area contributed by atoms with Crippen LogP contribution in [0.15, 0.2) is 36.5 Å². The van der Waals surface area contributed by atoms with Crippen LogP contribution < -0.4 is 0 Å². The summed E-state index contributed by atoms with van der Waals surface area (Å²) < 4.78 is 0. The second-order valence-electron chi connectivity index (χ2n) is 5.65. The number of likely N-dealkylation sites (tertiary alicyclic amines) is 1. The Bertz CT molecular complexity index is 641. The number of rotatable bonds is 3. The summed E-state index contributed by atoms with van der Waals surface area (Å²) in [5.74, 6) is -0.700. The highest BCUT2D eigenvalue weighted by atomic mass is 16.4. The van der Waals surface area contributed by atoms with E-state index in [-0.39, 0.29) is 11.8 Å². The standard InChI is InChI=1S/C16H18N2O2/c1-11-8-18(10-14(11)16(19)20)9-12-4-5-15-13(7-12)3-2-6-17-15/h2-7,11,14H,8-10H2,1H3,(H,19,20). The molecule has 2 atom stereocenters. The molecule has 1 aromatic carbocycles. The Hall–Kier alpha value is -1.94. The number of fused-ring (bicyclic) bond motifs is 1. The molecule has 0 saturated carbocycles. The number of pyridine rings is 1. The van der Waals surface area contributed by atoms with Gasteiger partial charge in [0.15, 0.2) is 0 Å². The molecule has 3 rings (SSSR count). The Morgan fingerprint density at radius 1 is 1.40 bits per heavy atom. The summed E-state index contributed by atoms with van der Waals surface area (Å²) in [5, 5.41) is 10.3. The average Bonchev–Trinajstić information content (AvgIpc) is 2.79. The lowest BCUT2D eigenvalue weighted by Crippen LogP contribution is -2.23. The van der Waals surface area contributed by atoms with Crippen LogP contribution in [0.5, 0.6) is 0 Å². The van der Waals surface area contributed by atoms with Gasteiger partial charge in [-0.05, 0) is 29.7 Å². The zero-order chi connectivity index (χ0) is 14.1. The van der Waals surface area contributed by atoms with Crippen molar-refractivity contribution in [2.45, 2.75) is 13.5 Å². The summed E-state index contributed by atoms with van der Waals surface area (Å²) in [6.07, 6.45) is 1.79. The summed E-state index contributed by atoms with van der Waals surface area (Å²) in [4.78, 5) is 17.7. The molecule has 1 aliphatic heterocycles. The van der Waals surface area contributed by atoms with Gasteiger partial charge in [0.05, 0.1) is 11.4 Å². The second-order valence-corrected chi connectivity index (χ2v) is 5.65. The molecule has 0 bridgehead atoms. The van der Waals surface area contributed by atoms with Gasteiger partial charge in [-0.1, -0.05) is 19.1 Å². The van der Waals surface area contributed by atoms with Crippen molar-refractivity contribution in [3.05, 3.63) is 42.1 Å². The Morgan fingerprint density at radius 2 is 2.25 bits per heavy atom. The van der Waals surface area contributed by atoms with Gasteiger partial charge in [0.2, 0.25) is 0 Å². The van der Waals surface area contributed by atoms with E-state index in [0.29, 0.717) is 6.54 Å². The Kier molecular flexibility index (Phi) is 3.40. The Morgan fingerprint density at radius 3 is 3.00 bits per heavy atom. The van der Waals surface area contributed by atoms with Gasteiger partial charge in [-0.3, -0.25) is 14.7 Å². The minimum absolute atomic E-state index is 0.217. The van der Waals surface area contributed by atoms with Gasteiger partial charge in [-0.15, -0.1) is 0 Å². The number of hydrogen-bond acceptors (Lipinski definition) is 3. The molecule has 0 spiro atoms. The zero-order valence-corrected chi connectivity index (χ0v) is 11.5. The highest BCUT2D eigenvalue weighted by molar-refractivity contribution is 5.78. The normalized spacial score (nSPS) is 23.2. The van der Waals surface area contributed by atoms with Crippen molar-refractivity contribution in [2.24, 2.45) is 11.8 Å². The van der Waals surface area contributed by atoms with Crippen molar-refractivity contribution in [1.29, 1.82) is 0 Å². The summed E-state index contributed by atoms with van der Waals surface area (Å²) in [6, 6.07) is 10.2. The van der Waals surface area contributed by atoms with E-state index < -0.39 is 5.97 Å². The minimum atomic E-state index is -0.678. The van der Waals surface area contributed by atoms with Crippen LogP contribution in [0.4, 0.5) is 0 Å². The van der Waals surface area contributed by atoms with Gasteiger partial charge in [-0.25, -0.2) is 0 Å². The van der Waals surface area contributed by atoms with Crippen molar-refractivity contribution >= 4 is 16.9 Å².